The zero-order chi connectivity index (χ0) is 20.9. The summed E-state index contributed by atoms with van der Waals surface area (Å²) in [5.74, 6) is 1.10. The van der Waals surface area contributed by atoms with Gasteiger partial charge in [0.25, 0.3) is 0 Å². The molecule has 0 heterocycles. The lowest BCUT2D eigenvalue weighted by molar-refractivity contribution is -0.139. The molecule has 2 atom stereocenters. The zero-order valence-electron chi connectivity index (χ0n) is 16.8. The summed E-state index contributed by atoms with van der Waals surface area (Å²) >= 11 is 3.56. The van der Waals surface area contributed by atoms with Gasteiger partial charge in [0, 0.05) is 16.0 Å². The SMILES string of the molecule is COc1ccc2ccccc2c1-c1c(OC(=O)[C@]2(C)C[C@@H]2Br)ccc2ccccc12. The molecule has 1 saturated carbocycles. The van der Waals surface area contributed by atoms with Crippen LogP contribution in [0.1, 0.15) is 13.3 Å². The molecule has 150 valence electrons. The van der Waals surface area contributed by atoms with Crippen LogP contribution in [-0.4, -0.2) is 17.9 Å². The molecule has 0 spiro atoms. The minimum atomic E-state index is -0.480. The fourth-order valence-corrected chi connectivity index (χ4v) is 4.87. The minimum Gasteiger partial charge on any atom is -0.496 e. The van der Waals surface area contributed by atoms with Crippen LogP contribution < -0.4 is 9.47 Å². The number of rotatable bonds is 4. The van der Waals surface area contributed by atoms with Gasteiger partial charge in [-0.15, -0.1) is 0 Å². The average molecular weight is 461 g/mol. The second-order valence-corrected chi connectivity index (χ2v) is 9.11. The summed E-state index contributed by atoms with van der Waals surface area (Å²) in [5, 5.41) is 4.27. The molecule has 0 aromatic heterocycles. The molecule has 4 heteroatoms. The van der Waals surface area contributed by atoms with E-state index in [1.165, 1.54) is 0 Å². The Morgan fingerprint density at radius 2 is 1.37 bits per heavy atom. The maximum atomic E-state index is 13.0. The van der Waals surface area contributed by atoms with Gasteiger partial charge in [-0.1, -0.05) is 76.6 Å². The average Bonchev–Trinajstić information content (AvgIpc) is 3.40. The van der Waals surface area contributed by atoms with Crippen LogP contribution in [0.2, 0.25) is 0 Å². The van der Waals surface area contributed by atoms with E-state index < -0.39 is 5.41 Å². The van der Waals surface area contributed by atoms with E-state index in [9.17, 15) is 4.79 Å². The summed E-state index contributed by atoms with van der Waals surface area (Å²) in [4.78, 5) is 13.1. The van der Waals surface area contributed by atoms with Gasteiger partial charge in [0.15, 0.2) is 0 Å². The number of carbonyl (C=O) groups excluding carboxylic acids is 1. The lowest BCUT2D eigenvalue weighted by atomic mass is 9.92. The van der Waals surface area contributed by atoms with Gasteiger partial charge in [-0.3, -0.25) is 4.79 Å². The van der Waals surface area contributed by atoms with Crippen molar-refractivity contribution in [1.82, 2.24) is 0 Å². The van der Waals surface area contributed by atoms with E-state index in [4.69, 9.17) is 9.47 Å². The van der Waals surface area contributed by atoms with E-state index in [0.29, 0.717) is 5.75 Å². The molecule has 0 radical (unpaired) electrons. The summed E-state index contributed by atoms with van der Waals surface area (Å²) in [7, 11) is 1.67. The predicted molar refractivity (Wildman–Crippen MR) is 125 cm³/mol. The van der Waals surface area contributed by atoms with Crippen molar-refractivity contribution >= 4 is 43.4 Å². The third-order valence-electron chi connectivity index (χ3n) is 6.05. The molecule has 0 bridgehead atoms. The standard InChI is InChI=1S/C26H21BrO3/c1-26(15-22(26)27)25(28)30-21-14-12-17-8-4-6-10-19(17)24(21)23-18-9-5-3-7-16(18)11-13-20(23)29-2/h3-14,22H,15H2,1-2H3/t22-,26+/m0/s1. The number of carbonyl (C=O) groups is 1. The van der Waals surface area contributed by atoms with Crippen LogP contribution in [0, 0.1) is 5.41 Å². The molecule has 0 amide bonds. The van der Waals surface area contributed by atoms with Crippen LogP contribution in [0.4, 0.5) is 0 Å². The fourth-order valence-electron chi connectivity index (χ4n) is 4.01. The molecule has 0 N–H and O–H groups in total. The molecule has 0 unspecified atom stereocenters. The molecule has 1 aliphatic carbocycles. The van der Waals surface area contributed by atoms with Crippen LogP contribution in [0.15, 0.2) is 72.8 Å². The maximum Gasteiger partial charge on any atom is 0.318 e. The quantitative estimate of drug-likeness (QED) is 0.192. The van der Waals surface area contributed by atoms with Gasteiger partial charge in [-0.05, 0) is 47.0 Å². The van der Waals surface area contributed by atoms with Gasteiger partial charge in [0.05, 0.1) is 12.5 Å². The number of ether oxygens (including phenoxy) is 2. The third-order valence-corrected chi connectivity index (χ3v) is 7.39. The molecule has 3 nitrogen and oxygen atoms in total. The highest BCUT2D eigenvalue weighted by Gasteiger charge is 2.56. The Bertz CT molecular complexity index is 1300. The third kappa shape index (κ3) is 2.98. The van der Waals surface area contributed by atoms with Crippen LogP contribution >= 0.6 is 15.9 Å². The highest BCUT2D eigenvalue weighted by atomic mass is 79.9. The monoisotopic (exact) mass is 460 g/mol. The Morgan fingerprint density at radius 3 is 1.90 bits per heavy atom. The van der Waals surface area contributed by atoms with Gasteiger partial charge >= 0.3 is 5.97 Å². The van der Waals surface area contributed by atoms with Crippen molar-refractivity contribution in [1.29, 1.82) is 0 Å². The van der Waals surface area contributed by atoms with Crippen molar-refractivity contribution < 1.29 is 14.3 Å². The molecule has 1 fully saturated rings. The van der Waals surface area contributed by atoms with E-state index in [1.807, 2.05) is 49.4 Å². The summed E-state index contributed by atoms with van der Waals surface area (Å²) in [6, 6.07) is 24.3. The van der Waals surface area contributed by atoms with E-state index in [1.54, 1.807) is 7.11 Å². The number of alkyl halides is 1. The smallest absolute Gasteiger partial charge is 0.318 e. The van der Waals surface area contributed by atoms with Crippen LogP contribution in [-0.2, 0) is 4.79 Å². The number of esters is 1. The Hall–Kier alpha value is -2.85. The highest BCUT2D eigenvalue weighted by Crippen LogP contribution is 2.53. The van der Waals surface area contributed by atoms with Crippen molar-refractivity contribution in [2.45, 2.75) is 18.2 Å². The van der Waals surface area contributed by atoms with Gasteiger partial charge in [-0.2, -0.15) is 0 Å². The minimum absolute atomic E-state index is 0.161. The van der Waals surface area contributed by atoms with Crippen LogP contribution in [0.3, 0.4) is 0 Å². The fraction of sp³-hybridized carbons (Fsp3) is 0.192. The van der Waals surface area contributed by atoms with Crippen molar-refractivity contribution in [3.05, 3.63) is 72.8 Å². The second-order valence-electron chi connectivity index (χ2n) is 8.00. The van der Waals surface area contributed by atoms with E-state index in [2.05, 4.69) is 46.3 Å². The number of halogens is 1. The van der Waals surface area contributed by atoms with Crippen molar-refractivity contribution in [3.8, 4) is 22.6 Å². The van der Waals surface area contributed by atoms with Crippen LogP contribution in [0.5, 0.6) is 11.5 Å². The molecule has 4 aromatic rings. The predicted octanol–water partition coefficient (Wildman–Crippen LogP) is 6.75. The molecule has 0 saturated heterocycles. The van der Waals surface area contributed by atoms with E-state index in [-0.39, 0.29) is 10.8 Å². The topological polar surface area (TPSA) is 35.5 Å². The summed E-state index contributed by atoms with van der Waals surface area (Å²) < 4.78 is 11.8. The van der Waals surface area contributed by atoms with E-state index in [0.717, 1.165) is 44.8 Å². The summed E-state index contributed by atoms with van der Waals surface area (Å²) in [6.45, 7) is 1.94. The Kier molecular flexibility index (Phi) is 4.55. The Morgan fingerprint density at radius 1 is 0.867 bits per heavy atom. The first-order chi connectivity index (χ1) is 14.5. The molecule has 4 aromatic carbocycles. The molecule has 1 aliphatic rings. The number of fused-ring (bicyclic) bond motifs is 2. The zero-order valence-corrected chi connectivity index (χ0v) is 18.4. The maximum absolute atomic E-state index is 13.0. The Balaban J connectivity index is 1.80. The lowest BCUT2D eigenvalue weighted by Crippen LogP contribution is -2.21. The first-order valence-corrected chi connectivity index (χ1v) is 10.9. The molecule has 5 rings (SSSR count). The molecular formula is C26H21BrO3. The van der Waals surface area contributed by atoms with Crippen LogP contribution in [0.25, 0.3) is 32.7 Å². The number of hydrogen-bond acceptors (Lipinski definition) is 3. The number of benzene rings is 4. The first kappa shape index (κ1) is 19.1. The Labute approximate surface area is 183 Å². The number of hydrogen-bond donors (Lipinski definition) is 0. The van der Waals surface area contributed by atoms with Gasteiger partial charge in [-0.25, -0.2) is 0 Å². The number of methoxy groups -OCH3 is 1. The second kappa shape index (κ2) is 7.13. The van der Waals surface area contributed by atoms with Crippen molar-refractivity contribution in [2.75, 3.05) is 7.11 Å². The molecular weight excluding hydrogens is 440 g/mol. The van der Waals surface area contributed by atoms with Gasteiger partial charge in [0.2, 0.25) is 0 Å². The largest absolute Gasteiger partial charge is 0.496 e. The van der Waals surface area contributed by atoms with Crippen molar-refractivity contribution in [3.63, 3.8) is 0 Å². The van der Waals surface area contributed by atoms with E-state index >= 15 is 0 Å². The lowest BCUT2D eigenvalue weighted by Gasteiger charge is -2.19. The first-order valence-electron chi connectivity index (χ1n) is 9.97. The van der Waals surface area contributed by atoms with Gasteiger partial charge < -0.3 is 9.47 Å². The molecule has 0 aliphatic heterocycles. The molecule has 30 heavy (non-hydrogen) atoms. The summed E-state index contributed by atoms with van der Waals surface area (Å²) in [6.07, 6.45) is 0.784. The normalized spacial score (nSPS) is 20.3. The van der Waals surface area contributed by atoms with Crippen molar-refractivity contribution in [2.24, 2.45) is 5.41 Å². The summed E-state index contributed by atoms with van der Waals surface area (Å²) in [5.41, 5.74) is 1.34. The van der Waals surface area contributed by atoms with Gasteiger partial charge in [0.1, 0.15) is 11.5 Å². The highest BCUT2D eigenvalue weighted by molar-refractivity contribution is 9.09.